The summed E-state index contributed by atoms with van der Waals surface area (Å²) in [6.07, 6.45) is 1.72. The number of nitrogens with zero attached hydrogens (tertiary/aromatic N) is 1. The molecule has 0 radical (unpaired) electrons. The summed E-state index contributed by atoms with van der Waals surface area (Å²) >= 11 is 7.61. The zero-order chi connectivity index (χ0) is 15.2. The Morgan fingerprint density at radius 2 is 2.10 bits per heavy atom. The van der Waals surface area contributed by atoms with Gasteiger partial charge in [0.2, 0.25) is 0 Å². The maximum absolute atomic E-state index is 6.25. The van der Waals surface area contributed by atoms with Gasteiger partial charge in [-0.25, -0.2) is 4.98 Å². The van der Waals surface area contributed by atoms with Crippen molar-refractivity contribution in [1.82, 2.24) is 4.98 Å². The molecular formula is C15H17ClN2O2S. The highest BCUT2D eigenvalue weighted by atomic mass is 35.5. The second kappa shape index (κ2) is 7.54. The number of hydrogen-bond acceptors (Lipinski definition) is 5. The minimum absolute atomic E-state index is 0.186. The lowest BCUT2D eigenvalue weighted by Crippen LogP contribution is -2.14. The van der Waals surface area contributed by atoms with Crippen molar-refractivity contribution < 1.29 is 9.47 Å². The van der Waals surface area contributed by atoms with Gasteiger partial charge in [0.05, 0.1) is 19.2 Å². The standard InChI is InChI=1S/C15H17ClN2O2S/c1-19-10-5-6-11(14(8-10)20-2)13(17)9-21-15-12(16)4-3-7-18-15/h3-8,13H,9,17H2,1-2H3. The van der Waals surface area contributed by atoms with E-state index < -0.39 is 0 Å². The van der Waals surface area contributed by atoms with Crippen LogP contribution >= 0.6 is 23.4 Å². The molecule has 0 aliphatic carbocycles. The van der Waals surface area contributed by atoms with Crippen molar-refractivity contribution in [3.8, 4) is 11.5 Å². The zero-order valence-corrected chi connectivity index (χ0v) is 13.4. The third-order valence-electron chi connectivity index (χ3n) is 2.96. The maximum atomic E-state index is 6.25. The molecule has 0 amide bonds. The molecule has 2 rings (SSSR count). The van der Waals surface area contributed by atoms with Gasteiger partial charge in [-0.2, -0.15) is 0 Å². The van der Waals surface area contributed by atoms with Gasteiger partial charge in [0.15, 0.2) is 0 Å². The summed E-state index contributed by atoms with van der Waals surface area (Å²) < 4.78 is 10.6. The van der Waals surface area contributed by atoms with Crippen molar-refractivity contribution in [3.63, 3.8) is 0 Å². The van der Waals surface area contributed by atoms with E-state index in [0.29, 0.717) is 10.8 Å². The molecule has 0 saturated heterocycles. The predicted molar refractivity (Wildman–Crippen MR) is 86.4 cm³/mol. The number of benzene rings is 1. The Morgan fingerprint density at radius 1 is 1.29 bits per heavy atom. The summed E-state index contributed by atoms with van der Waals surface area (Å²) in [5, 5.41) is 1.42. The first-order chi connectivity index (χ1) is 10.2. The second-order valence-corrected chi connectivity index (χ2v) is 5.73. The lowest BCUT2D eigenvalue weighted by molar-refractivity contribution is 0.389. The van der Waals surface area contributed by atoms with Gasteiger partial charge < -0.3 is 15.2 Å². The van der Waals surface area contributed by atoms with E-state index in [2.05, 4.69) is 4.98 Å². The third-order valence-corrected chi connectivity index (χ3v) is 4.51. The first kappa shape index (κ1) is 15.9. The summed E-state index contributed by atoms with van der Waals surface area (Å²) in [6, 6.07) is 9.05. The van der Waals surface area contributed by atoms with Crippen LogP contribution in [-0.2, 0) is 0 Å². The SMILES string of the molecule is COc1ccc(C(N)CSc2ncccc2Cl)c(OC)c1. The average molecular weight is 325 g/mol. The maximum Gasteiger partial charge on any atom is 0.127 e. The number of nitrogens with two attached hydrogens (primary N) is 1. The fraction of sp³-hybridized carbons (Fsp3) is 0.267. The molecule has 1 heterocycles. The summed E-state index contributed by atoms with van der Waals surface area (Å²) in [5.41, 5.74) is 7.18. The molecule has 0 bridgehead atoms. The molecule has 2 aromatic rings. The van der Waals surface area contributed by atoms with Crippen LogP contribution in [0.5, 0.6) is 11.5 Å². The van der Waals surface area contributed by atoms with E-state index in [1.54, 1.807) is 26.5 Å². The Labute approximate surface area is 133 Å². The molecule has 21 heavy (non-hydrogen) atoms. The number of halogens is 1. The van der Waals surface area contributed by atoms with E-state index in [-0.39, 0.29) is 6.04 Å². The van der Waals surface area contributed by atoms with E-state index in [1.807, 2.05) is 24.3 Å². The van der Waals surface area contributed by atoms with Crippen LogP contribution in [0.1, 0.15) is 11.6 Å². The molecule has 0 aliphatic heterocycles. The van der Waals surface area contributed by atoms with Crippen molar-refractivity contribution >= 4 is 23.4 Å². The Hall–Kier alpha value is -1.43. The van der Waals surface area contributed by atoms with Crippen molar-refractivity contribution in [3.05, 3.63) is 47.1 Å². The molecule has 0 aliphatic rings. The number of pyridine rings is 1. The van der Waals surface area contributed by atoms with Crippen LogP contribution in [0.3, 0.4) is 0 Å². The second-order valence-electron chi connectivity index (χ2n) is 4.32. The van der Waals surface area contributed by atoms with Gasteiger partial charge in [0.1, 0.15) is 16.5 Å². The molecule has 0 saturated carbocycles. The molecular weight excluding hydrogens is 308 g/mol. The summed E-state index contributed by atoms with van der Waals surface area (Å²) in [4.78, 5) is 4.24. The lowest BCUT2D eigenvalue weighted by atomic mass is 10.1. The fourth-order valence-corrected chi connectivity index (χ4v) is 3.00. The number of aromatic nitrogens is 1. The van der Waals surface area contributed by atoms with Crippen LogP contribution < -0.4 is 15.2 Å². The number of methoxy groups -OCH3 is 2. The molecule has 1 unspecified atom stereocenters. The van der Waals surface area contributed by atoms with Crippen molar-refractivity contribution in [2.24, 2.45) is 5.73 Å². The molecule has 112 valence electrons. The van der Waals surface area contributed by atoms with Crippen LogP contribution in [0.25, 0.3) is 0 Å². The zero-order valence-electron chi connectivity index (χ0n) is 11.9. The third kappa shape index (κ3) is 4.03. The predicted octanol–water partition coefficient (Wildman–Crippen LogP) is 3.54. The monoisotopic (exact) mass is 324 g/mol. The topological polar surface area (TPSA) is 57.4 Å². The molecule has 2 N–H and O–H groups in total. The summed E-state index contributed by atoms with van der Waals surface area (Å²) in [5.74, 6) is 2.11. The van der Waals surface area contributed by atoms with Crippen LogP contribution in [0.4, 0.5) is 0 Å². The Morgan fingerprint density at radius 3 is 2.76 bits per heavy atom. The van der Waals surface area contributed by atoms with E-state index in [1.165, 1.54) is 11.8 Å². The largest absolute Gasteiger partial charge is 0.497 e. The Kier molecular flexibility index (Phi) is 5.73. The van der Waals surface area contributed by atoms with Crippen LogP contribution in [0.2, 0.25) is 5.02 Å². The summed E-state index contributed by atoms with van der Waals surface area (Å²) in [7, 11) is 3.24. The minimum Gasteiger partial charge on any atom is -0.497 e. The van der Waals surface area contributed by atoms with E-state index in [0.717, 1.165) is 22.1 Å². The highest BCUT2D eigenvalue weighted by molar-refractivity contribution is 7.99. The highest BCUT2D eigenvalue weighted by Gasteiger charge is 2.14. The molecule has 6 heteroatoms. The van der Waals surface area contributed by atoms with E-state index in [4.69, 9.17) is 26.8 Å². The number of thioether (sulfide) groups is 1. The van der Waals surface area contributed by atoms with E-state index in [9.17, 15) is 0 Å². The quantitative estimate of drug-likeness (QED) is 0.824. The van der Waals surface area contributed by atoms with Crippen molar-refractivity contribution in [2.75, 3.05) is 20.0 Å². The molecule has 0 spiro atoms. The van der Waals surface area contributed by atoms with Gasteiger partial charge in [-0.3, -0.25) is 0 Å². The Balaban J connectivity index is 2.10. The van der Waals surface area contributed by atoms with Crippen molar-refractivity contribution in [2.45, 2.75) is 11.1 Å². The van der Waals surface area contributed by atoms with Gasteiger partial charge >= 0.3 is 0 Å². The fourth-order valence-electron chi connectivity index (χ4n) is 1.86. The summed E-state index contributed by atoms with van der Waals surface area (Å²) in [6.45, 7) is 0. The molecule has 4 nitrogen and oxygen atoms in total. The van der Waals surface area contributed by atoms with Gasteiger partial charge in [-0.05, 0) is 18.2 Å². The Bertz CT molecular complexity index is 610. The lowest BCUT2D eigenvalue weighted by Gasteiger charge is -2.16. The highest BCUT2D eigenvalue weighted by Crippen LogP contribution is 2.32. The van der Waals surface area contributed by atoms with Gasteiger partial charge in [-0.15, -0.1) is 11.8 Å². The van der Waals surface area contributed by atoms with Crippen molar-refractivity contribution in [1.29, 1.82) is 0 Å². The van der Waals surface area contributed by atoms with E-state index >= 15 is 0 Å². The van der Waals surface area contributed by atoms with Crippen LogP contribution in [0.15, 0.2) is 41.6 Å². The molecule has 1 atom stereocenters. The average Bonchev–Trinajstić information content (AvgIpc) is 2.53. The first-order valence-corrected chi connectivity index (χ1v) is 7.73. The van der Waals surface area contributed by atoms with Gasteiger partial charge in [0.25, 0.3) is 0 Å². The molecule has 0 fully saturated rings. The molecule has 1 aromatic heterocycles. The molecule has 1 aromatic carbocycles. The van der Waals surface area contributed by atoms with Crippen LogP contribution in [-0.4, -0.2) is 25.0 Å². The number of hydrogen-bond donors (Lipinski definition) is 1. The smallest absolute Gasteiger partial charge is 0.127 e. The van der Waals surface area contributed by atoms with Gasteiger partial charge in [0, 0.05) is 29.6 Å². The van der Waals surface area contributed by atoms with Gasteiger partial charge in [-0.1, -0.05) is 17.7 Å². The number of rotatable bonds is 6. The van der Waals surface area contributed by atoms with Crippen LogP contribution in [0, 0.1) is 0 Å². The minimum atomic E-state index is -0.186. The normalized spacial score (nSPS) is 12.0. The number of ether oxygens (including phenoxy) is 2. The first-order valence-electron chi connectivity index (χ1n) is 6.36.